The van der Waals surface area contributed by atoms with Crippen molar-refractivity contribution < 1.29 is 33.9 Å². The van der Waals surface area contributed by atoms with Crippen LogP contribution in [0.4, 0.5) is 5.69 Å². The highest BCUT2D eigenvalue weighted by molar-refractivity contribution is 14.1. The molecule has 41 heavy (non-hydrogen) atoms. The van der Waals surface area contributed by atoms with Crippen LogP contribution in [0.5, 0.6) is 11.5 Å². The van der Waals surface area contributed by atoms with Crippen LogP contribution in [0.2, 0.25) is 0 Å². The minimum absolute atomic E-state index is 0.00559. The summed E-state index contributed by atoms with van der Waals surface area (Å²) in [5.74, 6) is -0.805. The number of rotatable bonds is 9. The van der Waals surface area contributed by atoms with Gasteiger partial charge in [-0.3, -0.25) is 24.5 Å². The Labute approximate surface area is 250 Å². The normalized spacial score (nSPS) is 17.4. The van der Waals surface area contributed by atoms with Crippen molar-refractivity contribution in [2.24, 2.45) is 0 Å². The van der Waals surface area contributed by atoms with Crippen LogP contribution in [0.15, 0.2) is 58.9 Å². The van der Waals surface area contributed by atoms with Gasteiger partial charge < -0.3 is 19.5 Å². The first-order valence-corrected chi connectivity index (χ1v) is 14.6. The van der Waals surface area contributed by atoms with E-state index >= 15 is 0 Å². The highest BCUT2D eigenvalue weighted by Gasteiger charge is 2.44. The van der Waals surface area contributed by atoms with E-state index < -0.39 is 16.8 Å². The van der Waals surface area contributed by atoms with E-state index in [1.54, 1.807) is 17.0 Å². The van der Waals surface area contributed by atoms with Gasteiger partial charge in [-0.25, -0.2) is 0 Å². The Morgan fingerprint density at radius 3 is 2.17 bits per heavy atom. The molecule has 0 atom stereocenters. The molecule has 10 nitrogen and oxygen atoms in total. The number of benzene rings is 2. The number of hydrogen-bond acceptors (Lipinski definition) is 8. The van der Waals surface area contributed by atoms with Crippen molar-refractivity contribution >= 4 is 45.8 Å². The summed E-state index contributed by atoms with van der Waals surface area (Å²) in [5, 5.41) is 20.7. The lowest BCUT2D eigenvalue weighted by Gasteiger charge is -2.43. The molecule has 1 aliphatic heterocycles. The summed E-state index contributed by atoms with van der Waals surface area (Å²) in [4.78, 5) is 50.9. The number of halogens is 1. The average molecular weight is 672 g/mol. The number of carboxylic acid groups (broad SMARTS) is 1. The predicted molar refractivity (Wildman–Crippen MR) is 157 cm³/mol. The molecule has 2 aliphatic carbocycles. The number of nitro benzene ring substituents is 1. The molecule has 11 heteroatoms. The minimum Gasteiger partial charge on any atom is -0.490 e. The number of nitrogens with zero attached hydrogens (tertiary/aromatic N) is 2. The second-order valence-corrected chi connectivity index (χ2v) is 11.3. The molecule has 0 saturated carbocycles. The smallest absolute Gasteiger partial charge is 0.323 e. The van der Waals surface area contributed by atoms with Crippen molar-refractivity contribution in [3.8, 4) is 11.5 Å². The Hall–Kier alpha value is -3.74. The largest absolute Gasteiger partial charge is 0.490 e. The fourth-order valence-electron chi connectivity index (χ4n) is 5.90. The van der Waals surface area contributed by atoms with Gasteiger partial charge >= 0.3 is 5.97 Å². The number of aliphatic carboxylic acids is 1. The van der Waals surface area contributed by atoms with Gasteiger partial charge in [0.2, 0.25) is 0 Å². The molecule has 0 spiro atoms. The van der Waals surface area contributed by atoms with Gasteiger partial charge in [-0.05, 0) is 90.6 Å². The van der Waals surface area contributed by atoms with E-state index in [2.05, 4.69) is 22.6 Å². The topological polar surface area (TPSA) is 136 Å². The first-order chi connectivity index (χ1) is 19.7. The molecule has 0 radical (unpaired) electrons. The number of allylic oxidation sites excluding steroid dienone is 4. The van der Waals surface area contributed by atoms with Gasteiger partial charge in [-0.15, -0.1) is 0 Å². The minimum atomic E-state index is -1.01. The lowest BCUT2D eigenvalue weighted by atomic mass is 9.71. The number of ketones is 2. The SMILES string of the molecule is CCOc1cc(C2C3=C(CCCC3=O)N(CC(=O)O)C3=C2C(=O)CCC3)cc(I)c1OCc1ccc([N+](=O)[O-])cc1. The fraction of sp³-hybridized carbons (Fsp3) is 0.367. The second kappa shape index (κ2) is 12.0. The van der Waals surface area contributed by atoms with Crippen LogP contribution in [-0.4, -0.2) is 45.6 Å². The van der Waals surface area contributed by atoms with Gasteiger partial charge in [0, 0.05) is 53.4 Å². The Bertz CT molecular complexity index is 1450. The maximum atomic E-state index is 13.4. The van der Waals surface area contributed by atoms with E-state index in [1.807, 2.05) is 19.1 Å². The van der Waals surface area contributed by atoms with E-state index in [9.17, 15) is 29.6 Å². The quantitative estimate of drug-likeness (QED) is 0.203. The Kier molecular flexibility index (Phi) is 8.43. The second-order valence-electron chi connectivity index (χ2n) is 10.2. The monoisotopic (exact) mass is 672 g/mol. The third-order valence-corrected chi connectivity index (χ3v) is 8.38. The van der Waals surface area contributed by atoms with Crippen LogP contribution >= 0.6 is 22.6 Å². The highest BCUT2D eigenvalue weighted by atomic mass is 127. The molecule has 1 heterocycles. The molecule has 0 amide bonds. The predicted octanol–water partition coefficient (Wildman–Crippen LogP) is 5.68. The molecule has 0 aromatic heterocycles. The number of ether oxygens (including phenoxy) is 2. The van der Waals surface area contributed by atoms with Crippen molar-refractivity contribution in [2.45, 2.75) is 58.0 Å². The van der Waals surface area contributed by atoms with Gasteiger partial charge in [0.25, 0.3) is 5.69 Å². The van der Waals surface area contributed by atoms with Gasteiger partial charge in [-0.2, -0.15) is 0 Å². The molecular weight excluding hydrogens is 643 g/mol. The van der Waals surface area contributed by atoms with E-state index in [1.165, 1.54) is 12.1 Å². The zero-order valence-electron chi connectivity index (χ0n) is 22.5. The van der Waals surface area contributed by atoms with Crippen molar-refractivity contribution in [3.05, 3.63) is 83.7 Å². The molecule has 0 fully saturated rings. The number of non-ortho nitro benzene ring substituents is 1. The first-order valence-electron chi connectivity index (χ1n) is 13.5. The lowest BCUT2D eigenvalue weighted by Crippen LogP contribution is -2.41. The number of carboxylic acids is 1. The maximum absolute atomic E-state index is 13.4. The van der Waals surface area contributed by atoms with Crippen LogP contribution in [0.1, 0.15) is 62.5 Å². The maximum Gasteiger partial charge on any atom is 0.323 e. The molecule has 2 aromatic rings. The summed E-state index contributed by atoms with van der Waals surface area (Å²) in [6.07, 6.45) is 3.10. The molecule has 0 unspecified atom stereocenters. The van der Waals surface area contributed by atoms with Gasteiger partial charge in [-0.1, -0.05) is 0 Å². The van der Waals surface area contributed by atoms with Crippen molar-refractivity contribution in [2.75, 3.05) is 13.2 Å². The molecule has 214 valence electrons. The molecule has 3 aliphatic rings. The van der Waals surface area contributed by atoms with Crippen molar-refractivity contribution in [3.63, 3.8) is 0 Å². The summed E-state index contributed by atoms with van der Waals surface area (Å²) >= 11 is 2.15. The summed E-state index contributed by atoms with van der Waals surface area (Å²) in [6.45, 7) is 2.07. The van der Waals surface area contributed by atoms with Crippen LogP contribution < -0.4 is 9.47 Å². The van der Waals surface area contributed by atoms with E-state index in [4.69, 9.17) is 9.47 Å². The molecule has 0 bridgehead atoms. The standard InChI is InChI=1S/C30H29IN2O8/c1-2-40-25-14-18(13-20(31)30(25)41-16-17-9-11-19(12-10-17)33(38)39)27-28-21(5-3-7-23(28)34)32(15-26(36)37)22-6-4-8-24(35)29(22)27/h9-14,27H,2-8,15-16H2,1H3,(H,36,37). The number of carbonyl (C=O) groups is 3. The molecule has 0 saturated heterocycles. The zero-order chi connectivity index (χ0) is 29.3. The number of nitro groups is 1. The first kappa shape index (κ1) is 28.8. The Balaban J connectivity index is 1.58. The van der Waals surface area contributed by atoms with Crippen LogP contribution in [-0.2, 0) is 21.0 Å². The number of carbonyl (C=O) groups excluding carboxylic acids is 2. The van der Waals surface area contributed by atoms with Crippen LogP contribution in [0, 0.1) is 13.7 Å². The van der Waals surface area contributed by atoms with E-state index in [0.717, 1.165) is 11.1 Å². The Morgan fingerprint density at radius 2 is 1.63 bits per heavy atom. The van der Waals surface area contributed by atoms with E-state index in [0.29, 0.717) is 82.7 Å². The van der Waals surface area contributed by atoms with Crippen LogP contribution in [0.25, 0.3) is 0 Å². The average Bonchev–Trinajstić information content (AvgIpc) is 2.93. The van der Waals surface area contributed by atoms with Gasteiger partial charge in [0.15, 0.2) is 23.1 Å². The molecule has 1 N–H and O–H groups in total. The van der Waals surface area contributed by atoms with Crippen molar-refractivity contribution in [1.29, 1.82) is 0 Å². The van der Waals surface area contributed by atoms with Gasteiger partial charge in [0.1, 0.15) is 13.2 Å². The third kappa shape index (κ3) is 5.72. The summed E-state index contributed by atoms with van der Waals surface area (Å²) in [5.41, 5.74) is 3.87. The summed E-state index contributed by atoms with van der Waals surface area (Å²) < 4.78 is 12.8. The van der Waals surface area contributed by atoms with E-state index in [-0.39, 0.29) is 30.4 Å². The van der Waals surface area contributed by atoms with Gasteiger partial charge in [0.05, 0.1) is 15.1 Å². The van der Waals surface area contributed by atoms with Crippen molar-refractivity contribution in [1.82, 2.24) is 4.90 Å². The molecule has 5 rings (SSSR count). The number of hydrogen-bond donors (Lipinski definition) is 1. The molecule has 2 aromatic carbocycles. The summed E-state index contributed by atoms with van der Waals surface area (Å²) in [6, 6.07) is 9.82. The highest BCUT2D eigenvalue weighted by Crippen LogP contribution is 2.50. The van der Waals surface area contributed by atoms with Crippen LogP contribution in [0.3, 0.4) is 0 Å². The summed E-state index contributed by atoms with van der Waals surface area (Å²) in [7, 11) is 0. The molecular formula is C30H29IN2O8. The fourth-order valence-corrected chi connectivity index (χ4v) is 6.68. The zero-order valence-corrected chi connectivity index (χ0v) is 24.6. The third-order valence-electron chi connectivity index (χ3n) is 7.58. The Morgan fingerprint density at radius 1 is 1.02 bits per heavy atom. The lowest BCUT2D eigenvalue weighted by molar-refractivity contribution is -0.384. The number of Topliss-reactive ketones (excluding diaryl/α,β-unsaturated/α-hetero) is 2.